The van der Waals surface area contributed by atoms with E-state index < -0.39 is 11.1 Å². The van der Waals surface area contributed by atoms with Gasteiger partial charge in [-0.25, -0.2) is 0 Å². The van der Waals surface area contributed by atoms with Crippen LogP contribution in [0.25, 0.3) is 33.3 Å². The molecule has 5 rings (SSSR count). The number of esters is 1. The maximum absolute atomic E-state index is 13.7. The van der Waals surface area contributed by atoms with Crippen LogP contribution < -0.4 is 0 Å². The number of nitrogens with zero attached hydrogens (tertiary/aromatic N) is 3. The Morgan fingerprint density at radius 3 is 2.69 bits per heavy atom. The zero-order valence-electron chi connectivity index (χ0n) is 18.5. The summed E-state index contributed by atoms with van der Waals surface area (Å²) in [6.07, 6.45) is -3.04. The molecule has 0 N–H and O–H groups in total. The van der Waals surface area contributed by atoms with Crippen molar-refractivity contribution in [2.24, 2.45) is 5.92 Å². The summed E-state index contributed by atoms with van der Waals surface area (Å²) in [4.78, 5) is 17.6. The number of halogens is 3. The molecule has 1 aliphatic heterocycles. The molecule has 11 heteroatoms. The molecule has 1 saturated heterocycles. The molecule has 7 nitrogen and oxygen atoms in total. The van der Waals surface area contributed by atoms with Gasteiger partial charge in [-0.15, -0.1) is 11.3 Å². The summed E-state index contributed by atoms with van der Waals surface area (Å²) in [7, 11) is 0. The average Bonchev–Trinajstić information content (AvgIpc) is 3.55. The number of carbonyl (C=O) groups excluding carboxylic acids is 1. The molecule has 0 radical (unpaired) electrons. The highest BCUT2D eigenvalue weighted by Crippen LogP contribution is 2.45. The Balaban J connectivity index is 1.31. The lowest BCUT2D eigenvalue weighted by Gasteiger charge is -2.36. The van der Waals surface area contributed by atoms with Crippen LogP contribution in [0, 0.1) is 5.92 Å². The number of benzene rings is 1. The van der Waals surface area contributed by atoms with E-state index in [-0.39, 0.29) is 34.0 Å². The van der Waals surface area contributed by atoms with E-state index in [1.54, 1.807) is 43.3 Å². The molecule has 0 spiro atoms. The standard InChI is InChI=1S/C24H20F3N3O4S/c1-2-32-23(31)16-10-30(11-16)12-17-8-15(13-33-17)21-28-22(34-29-21)19-9-18(14-6-4-3-5-7-14)20(35-19)24(25,26)27/h3-9,13,16H,2,10-12H2,1H3. The zero-order chi connectivity index (χ0) is 24.6. The highest BCUT2D eigenvalue weighted by molar-refractivity contribution is 7.16. The van der Waals surface area contributed by atoms with Crippen LogP contribution in [0.2, 0.25) is 0 Å². The van der Waals surface area contributed by atoms with E-state index in [4.69, 9.17) is 13.7 Å². The van der Waals surface area contributed by atoms with Crippen molar-refractivity contribution in [2.75, 3.05) is 19.7 Å². The van der Waals surface area contributed by atoms with Crippen molar-refractivity contribution < 1.29 is 31.6 Å². The molecule has 0 aliphatic carbocycles. The van der Waals surface area contributed by atoms with Crippen LogP contribution in [-0.4, -0.2) is 40.7 Å². The largest absolute Gasteiger partial charge is 0.467 e. The van der Waals surface area contributed by atoms with Gasteiger partial charge in [-0.3, -0.25) is 9.69 Å². The van der Waals surface area contributed by atoms with E-state index in [1.807, 2.05) is 4.90 Å². The topological polar surface area (TPSA) is 81.6 Å². The fraction of sp³-hybridized carbons (Fsp3) is 0.292. The summed E-state index contributed by atoms with van der Waals surface area (Å²) in [6, 6.07) is 11.5. The van der Waals surface area contributed by atoms with Crippen LogP contribution in [0.4, 0.5) is 13.2 Å². The van der Waals surface area contributed by atoms with E-state index >= 15 is 0 Å². The zero-order valence-corrected chi connectivity index (χ0v) is 19.4. The molecule has 4 heterocycles. The molecule has 1 fully saturated rings. The Morgan fingerprint density at radius 1 is 1.20 bits per heavy atom. The molecule has 4 aromatic rings. The quantitative estimate of drug-likeness (QED) is 0.298. The molecule has 3 aromatic heterocycles. The van der Waals surface area contributed by atoms with Gasteiger partial charge in [0.2, 0.25) is 5.82 Å². The van der Waals surface area contributed by atoms with Crippen molar-refractivity contribution in [1.82, 2.24) is 15.0 Å². The molecule has 182 valence electrons. The number of rotatable bonds is 7. The summed E-state index contributed by atoms with van der Waals surface area (Å²) in [5.41, 5.74) is 1.07. The number of hydrogen-bond acceptors (Lipinski definition) is 8. The summed E-state index contributed by atoms with van der Waals surface area (Å²) in [6.45, 7) is 3.81. The molecule has 1 aromatic carbocycles. The van der Waals surface area contributed by atoms with E-state index in [1.165, 1.54) is 12.3 Å². The van der Waals surface area contributed by atoms with Gasteiger partial charge in [0, 0.05) is 18.7 Å². The number of furan rings is 1. The summed E-state index contributed by atoms with van der Waals surface area (Å²) in [5.74, 6) is 0.542. The Labute approximate surface area is 202 Å². The molecular formula is C24H20F3N3O4S. The molecule has 35 heavy (non-hydrogen) atoms. The molecule has 0 amide bonds. The number of likely N-dealkylation sites (tertiary alicyclic amines) is 1. The third-order valence-electron chi connectivity index (χ3n) is 5.58. The van der Waals surface area contributed by atoms with Gasteiger partial charge in [0.15, 0.2) is 0 Å². The van der Waals surface area contributed by atoms with Crippen LogP contribution in [0.1, 0.15) is 17.6 Å². The summed E-state index contributed by atoms with van der Waals surface area (Å²) >= 11 is 0.564. The second-order valence-corrected chi connectivity index (χ2v) is 9.14. The second kappa shape index (κ2) is 9.31. The number of thiophene rings is 1. The fourth-order valence-electron chi connectivity index (χ4n) is 3.89. The van der Waals surface area contributed by atoms with Crippen molar-refractivity contribution in [3.63, 3.8) is 0 Å². The predicted molar refractivity (Wildman–Crippen MR) is 121 cm³/mol. The van der Waals surface area contributed by atoms with Crippen LogP contribution in [0.15, 0.2) is 57.7 Å². The minimum absolute atomic E-state index is 0.000419. The predicted octanol–water partition coefficient (Wildman–Crippen LogP) is 5.74. The van der Waals surface area contributed by atoms with Crippen LogP contribution in [0.3, 0.4) is 0 Å². The first-order valence-corrected chi connectivity index (χ1v) is 11.7. The van der Waals surface area contributed by atoms with Crippen molar-refractivity contribution in [1.29, 1.82) is 0 Å². The van der Waals surface area contributed by atoms with E-state index in [9.17, 15) is 18.0 Å². The van der Waals surface area contributed by atoms with Gasteiger partial charge in [0.05, 0.1) is 29.5 Å². The minimum Gasteiger partial charge on any atom is -0.467 e. The Bertz CT molecular complexity index is 1320. The average molecular weight is 504 g/mol. The van der Waals surface area contributed by atoms with Gasteiger partial charge in [-0.05, 0) is 24.6 Å². The first-order valence-electron chi connectivity index (χ1n) is 10.9. The molecule has 0 bridgehead atoms. The fourth-order valence-corrected chi connectivity index (χ4v) is 4.86. The van der Waals surface area contributed by atoms with E-state index in [0.29, 0.717) is 54.5 Å². The summed E-state index contributed by atoms with van der Waals surface area (Å²) in [5, 5.41) is 3.92. The lowest BCUT2D eigenvalue weighted by molar-refractivity contribution is -0.154. The molecule has 0 atom stereocenters. The SMILES string of the molecule is CCOC(=O)C1CN(Cc2cc(-c3noc(-c4cc(-c5ccccc5)c(C(F)(F)F)s4)n3)co2)C1. The van der Waals surface area contributed by atoms with Gasteiger partial charge in [0.25, 0.3) is 5.89 Å². The highest BCUT2D eigenvalue weighted by atomic mass is 32.1. The van der Waals surface area contributed by atoms with Gasteiger partial charge in [-0.2, -0.15) is 18.2 Å². The first-order chi connectivity index (χ1) is 16.8. The highest BCUT2D eigenvalue weighted by Gasteiger charge is 2.37. The van der Waals surface area contributed by atoms with Crippen molar-refractivity contribution in [3.8, 4) is 33.3 Å². The molecule has 0 saturated carbocycles. The Hall–Kier alpha value is -3.44. The van der Waals surface area contributed by atoms with Crippen LogP contribution in [0.5, 0.6) is 0 Å². The number of aromatic nitrogens is 2. The molecule has 1 aliphatic rings. The molecular weight excluding hydrogens is 483 g/mol. The van der Waals surface area contributed by atoms with Crippen LogP contribution in [-0.2, 0) is 22.3 Å². The number of carbonyl (C=O) groups is 1. The maximum atomic E-state index is 13.7. The van der Waals surface area contributed by atoms with Gasteiger partial charge in [-0.1, -0.05) is 35.5 Å². The van der Waals surface area contributed by atoms with Gasteiger partial charge in [0.1, 0.15) is 16.9 Å². The third-order valence-corrected chi connectivity index (χ3v) is 6.75. The van der Waals surface area contributed by atoms with Crippen LogP contribution >= 0.6 is 11.3 Å². The number of ether oxygens (including phenoxy) is 1. The Kier molecular flexibility index (Phi) is 6.20. The van der Waals surface area contributed by atoms with Gasteiger partial charge < -0.3 is 13.7 Å². The normalized spacial score (nSPS) is 14.7. The van der Waals surface area contributed by atoms with E-state index in [0.717, 1.165) is 0 Å². The van der Waals surface area contributed by atoms with Gasteiger partial charge >= 0.3 is 12.1 Å². The maximum Gasteiger partial charge on any atom is 0.426 e. The van der Waals surface area contributed by atoms with Crippen molar-refractivity contribution in [3.05, 3.63) is 59.4 Å². The smallest absolute Gasteiger partial charge is 0.426 e. The minimum atomic E-state index is -4.51. The van der Waals surface area contributed by atoms with Crippen molar-refractivity contribution in [2.45, 2.75) is 19.6 Å². The lowest BCUT2D eigenvalue weighted by Crippen LogP contribution is -2.50. The number of alkyl halides is 3. The first kappa shape index (κ1) is 23.3. The Morgan fingerprint density at radius 2 is 1.97 bits per heavy atom. The number of hydrogen-bond donors (Lipinski definition) is 0. The van der Waals surface area contributed by atoms with Crippen molar-refractivity contribution >= 4 is 17.3 Å². The lowest BCUT2D eigenvalue weighted by atomic mass is 10.0. The second-order valence-electron chi connectivity index (χ2n) is 8.09. The third kappa shape index (κ3) is 4.87. The summed E-state index contributed by atoms with van der Waals surface area (Å²) < 4.78 is 56.9. The van der Waals surface area contributed by atoms with E-state index in [2.05, 4.69) is 10.1 Å². The molecule has 0 unspecified atom stereocenters. The monoisotopic (exact) mass is 503 g/mol.